The Hall–Kier alpha value is -3.77. The van der Waals surface area contributed by atoms with Gasteiger partial charge in [0.15, 0.2) is 0 Å². The first-order chi connectivity index (χ1) is 20.7. The average molecular weight is 564 g/mol. The van der Waals surface area contributed by atoms with E-state index >= 15 is 0 Å². The molecule has 6 nitrogen and oxygen atoms in total. The van der Waals surface area contributed by atoms with Gasteiger partial charge in [-0.2, -0.15) is 0 Å². The summed E-state index contributed by atoms with van der Waals surface area (Å²) in [6.45, 7) is 4.41. The van der Waals surface area contributed by atoms with Crippen LogP contribution in [0.3, 0.4) is 0 Å². The molecule has 7 rings (SSSR count). The van der Waals surface area contributed by atoms with Gasteiger partial charge in [-0.25, -0.2) is 0 Å². The number of rotatable bonds is 7. The Morgan fingerprint density at radius 1 is 0.881 bits per heavy atom. The monoisotopic (exact) mass is 563 g/mol. The van der Waals surface area contributed by atoms with Crippen LogP contribution < -0.4 is 14.5 Å². The largest absolute Gasteiger partial charge is 0.489 e. The van der Waals surface area contributed by atoms with Gasteiger partial charge in [-0.1, -0.05) is 37.5 Å². The van der Waals surface area contributed by atoms with Crippen molar-refractivity contribution < 1.29 is 14.3 Å². The highest BCUT2D eigenvalue weighted by molar-refractivity contribution is 5.95. The second kappa shape index (κ2) is 11.8. The zero-order valence-corrected chi connectivity index (χ0v) is 24.7. The van der Waals surface area contributed by atoms with E-state index in [1.54, 1.807) is 0 Å². The smallest absolute Gasteiger partial charge is 0.227 e. The molecule has 0 N–H and O–H groups in total. The number of amides is 1. The number of anilines is 2. The van der Waals surface area contributed by atoms with Gasteiger partial charge in [-0.05, 0) is 84.8 Å². The number of carbonyl (C=O) groups excluding carboxylic acids is 1. The number of carbonyl (C=O) groups is 1. The molecule has 6 heteroatoms. The van der Waals surface area contributed by atoms with E-state index in [1.165, 1.54) is 59.8 Å². The number of aromatic nitrogens is 1. The summed E-state index contributed by atoms with van der Waals surface area (Å²) in [4.78, 5) is 16.8. The molecule has 1 aromatic heterocycles. The highest BCUT2D eigenvalue weighted by Gasteiger charge is 2.26. The van der Waals surface area contributed by atoms with Crippen molar-refractivity contribution in [3.8, 4) is 17.0 Å². The van der Waals surface area contributed by atoms with Gasteiger partial charge in [0, 0.05) is 60.9 Å². The number of ether oxygens (including phenoxy) is 2. The van der Waals surface area contributed by atoms with Crippen LogP contribution in [0, 0.1) is 0 Å². The van der Waals surface area contributed by atoms with Crippen molar-refractivity contribution in [2.45, 2.75) is 57.5 Å². The van der Waals surface area contributed by atoms with Crippen molar-refractivity contribution in [1.82, 2.24) is 4.57 Å². The molecule has 2 aliphatic heterocycles. The van der Waals surface area contributed by atoms with E-state index in [0.717, 1.165) is 62.0 Å². The Morgan fingerprint density at radius 3 is 2.43 bits per heavy atom. The van der Waals surface area contributed by atoms with E-state index in [0.29, 0.717) is 18.9 Å². The molecule has 4 aromatic rings. The lowest BCUT2D eigenvalue weighted by Crippen LogP contribution is -2.37. The van der Waals surface area contributed by atoms with E-state index < -0.39 is 0 Å². The molecule has 42 heavy (non-hydrogen) atoms. The number of morpholine rings is 1. The Balaban J connectivity index is 1.16. The quantitative estimate of drug-likeness (QED) is 0.235. The van der Waals surface area contributed by atoms with Gasteiger partial charge in [-0.3, -0.25) is 4.79 Å². The number of hydrogen-bond donors (Lipinski definition) is 0. The summed E-state index contributed by atoms with van der Waals surface area (Å²) >= 11 is 0. The van der Waals surface area contributed by atoms with Crippen LogP contribution in [0.25, 0.3) is 22.2 Å². The molecule has 1 amide bonds. The number of fused-ring (bicyclic) bond motifs is 1. The van der Waals surface area contributed by atoms with Crippen LogP contribution >= 0.6 is 0 Å². The summed E-state index contributed by atoms with van der Waals surface area (Å²) in [6.07, 6.45) is 8.09. The fourth-order valence-electron chi connectivity index (χ4n) is 7.34. The zero-order chi connectivity index (χ0) is 28.5. The van der Waals surface area contributed by atoms with Crippen LogP contribution in [0.4, 0.5) is 11.4 Å². The highest BCUT2D eigenvalue weighted by Crippen LogP contribution is 2.44. The molecule has 1 aliphatic carbocycles. The summed E-state index contributed by atoms with van der Waals surface area (Å²) in [6, 6.07) is 23.9. The summed E-state index contributed by atoms with van der Waals surface area (Å²) in [5, 5.41) is 1.40. The zero-order valence-electron chi connectivity index (χ0n) is 24.7. The number of hydrogen-bond acceptors (Lipinski definition) is 4. The maximum Gasteiger partial charge on any atom is 0.227 e. The highest BCUT2D eigenvalue weighted by atomic mass is 16.5. The third-order valence-electron chi connectivity index (χ3n) is 9.48. The third kappa shape index (κ3) is 5.17. The van der Waals surface area contributed by atoms with Crippen molar-refractivity contribution in [3.05, 3.63) is 77.9 Å². The summed E-state index contributed by atoms with van der Waals surface area (Å²) < 4.78 is 14.4. The molecule has 0 bridgehead atoms. The van der Waals surface area contributed by atoms with Crippen molar-refractivity contribution in [2.75, 3.05) is 42.6 Å². The molecular formula is C36H41N3O3. The molecule has 2 saturated heterocycles. The Bertz CT molecular complexity index is 1560. The van der Waals surface area contributed by atoms with Gasteiger partial charge in [-0.15, -0.1) is 0 Å². The molecular weight excluding hydrogens is 522 g/mol. The molecule has 0 atom stereocenters. The first-order valence-electron chi connectivity index (χ1n) is 15.7. The van der Waals surface area contributed by atoms with Gasteiger partial charge < -0.3 is 23.8 Å². The molecule has 0 radical (unpaired) electrons. The Kier molecular flexibility index (Phi) is 7.64. The Morgan fingerprint density at radius 2 is 1.67 bits per heavy atom. The van der Waals surface area contributed by atoms with E-state index in [1.807, 2.05) is 4.90 Å². The van der Waals surface area contributed by atoms with Gasteiger partial charge in [0.2, 0.25) is 5.91 Å². The lowest BCUT2D eigenvalue weighted by atomic mass is 9.82. The van der Waals surface area contributed by atoms with Crippen LogP contribution in [-0.4, -0.2) is 43.3 Å². The molecule has 0 unspecified atom stereocenters. The minimum atomic E-state index is 0.206. The Labute approximate surface area is 248 Å². The summed E-state index contributed by atoms with van der Waals surface area (Å²) in [7, 11) is 2.21. The predicted octanol–water partition coefficient (Wildman–Crippen LogP) is 7.44. The van der Waals surface area contributed by atoms with Gasteiger partial charge >= 0.3 is 0 Å². The first-order valence-corrected chi connectivity index (χ1v) is 15.7. The van der Waals surface area contributed by atoms with Crippen LogP contribution in [0.2, 0.25) is 0 Å². The second-order valence-corrected chi connectivity index (χ2v) is 12.0. The van der Waals surface area contributed by atoms with Crippen molar-refractivity contribution in [1.29, 1.82) is 0 Å². The van der Waals surface area contributed by atoms with Crippen LogP contribution in [0.5, 0.6) is 5.75 Å². The van der Waals surface area contributed by atoms with E-state index in [-0.39, 0.29) is 5.91 Å². The van der Waals surface area contributed by atoms with Gasteiger partial charge in [0.05, 0.1) is 18.9 Å². The van der Waals surface area contributed by atoms with Gasteiger partial charge in [0.25, 0.3) is 0 Å². The van der Waals surface area contributed by atoms with Crippen LogP contribution in [0.1, 0.15) is 62.0 Å². The summed E-state index contributed by atoms with van der Waals surface area (Å²) in [5.74, 6) is 1.67. The maximum atomic E-state index is 12.5. The topological polar surface area (TPSA) is 46.9 Å². The molecule has 3 fully saturated rings. The number of aryl methyl sites for hydroxylation is 1. The van der Waals surface area contributed by atoms with E-state index in [4.69, 9.17) is 9.47 Å². The fraction of sp³-hybridized carbons (Fsp3) is 0.417. The standard InChI is InChI=1S/C36H41N3O3/c1-37-33-11-6-5-10-31(33)35(26-8-3-2-4-9-26)36(37)27-13-16-30(17-14-27)42-25-28-24-29(39-19-7-12-34(39)40)15-18-32(28)38-20-22-41-23-21-38/h5-6,10-11,13-18,24,26H,2-4,7-9,12,19-23,25H2,1H3. The molecule has 1 saturated carbocycles. The number of benzene rings is 3. The number of nitrogens with zero attached hydrogens (tertiary/aromatic N) is 3. The lowest BCUT2D eigenvalue weighted by molar-refractivity contribution is -0.117. The van der Waals surface area contributed by atoms with E-state index in [9.17, 15) is 4.79 Å². The molecule has 218 valence electrons. The lowest BCUT2D eigenvalue weighted by Gasteiger charge is -2.31. The van der Waals surface area contributed by atoms with Crippen LogP contribution in [0.15, 0.2) is 66.7 Å². The first kappa shape index (κ1) is 27.1. The minimum absolute atomic E-state index is 0.206. The molecule has 3 aromatic carbocycles. The van der Waals surface area contributed by atoms with Crippen molar-refractivity contribution >= 4 is 28.2 Å². The predicted molar refractivity (Wildman–Crippen MR) is 170 cm³/mol. The fourth-order valence-corrected chi connectivity index (χ4v) is 7.34. The minimum Gasteiger partial charge on any atom is -0.489 e. The number of para-hydroxylation sites is 1. The van der Waals surface area contributed by atoms with Crippen molar-refractivity contribution in [2.24, 2.45) is 7.05 Å². The SMILES string of the molecule is Cn1c(-c2ccc(OCc3cc(N4CCCC4=O)ccc3N3CCOCC3)cc2)c(C2CCCCC2)c2ccccc21. The third-order valence-corrected chi connectivity index (χ3v) is 9.48. The summed E-state index contributed by atoms with van der Waals surface area (Å²) in [5.41, 5.74) is 8.64. The van der Waals surface area contributed by atoms with E-state index in [2.05, 4.69) is 83.2 Å². The molecule has 3 aliphatic rings. The molecule has 3 heterocycles. The normalized spacial score (nSPS) is 18.3. The maximum absolute atomic E-state index is 12.5. The van der Waals surface area contributed by atoms with Gasteiger partial charge in [0.1, 0.15) is 12.4 Å². The second-order valence-electron chi connectivity index (χ2n) is 12.0. The average Bonchev–Trinajstić information content (AvgIpc) is 3.61. The molecule has 0 spiro atoms. The van der Waals surface area contributed by atoms with Crippen LogP contribution in [-0.2, 0) is 23.2 Å². The van der Waals surface area contributed by atoms with Crippen molar-refractivity contribution in [3.63, 3.8) is 0 Å².